The molecule has 11 heteroatoms. The maximum atomic E-state index is 12.9. The molecule has 1 fully saturated rings. The average molecular weight is 457 g/mol. The summed E-state index contributed by atoms with van der Waals surface area (Å²) in [6.45, 7) is 6.73. The molecule has 182 valence electrons. The zero-order valence-corrected chi connectivity index (χ0v) is 19.4. The highest BCUT2D eigenvalue weighted by Gasteiger charge is 2.34. The number of esters is 1. The van der Waals surface area contributed by atoms with Crippen LogP contribution in [0.1, 0.15) is 53.4 Å². The molecule has 1 saturated heterocycles. The quantitative estimate of drug-likeness (QED) is 0.235. The van der Waals surface area contributed by atoms with Crippen LogP contribution in [0.15, 0.2) is 0 Å². The van der Waals surface area contributed by atoms with Gasteiger partial charge in [0.05, 0.1) is 13.7 Å². The Kier molecular flexibility index (Phi) is 11.1. The number of carbonyl (C=O) groups excluding carboxylic acids is 5. The van der Waals surface area contributed by atoms with Crippen molar-refractivity contribution in [1.29, 1.82) is 0 Å². The predicted molar refractivity (Wildman–Crippen MR) is 115 cm³/mol. The fourth-order valence-electron chi connectivity index (χ4n) is 3.30. The number of aliphatic hydroxyl groups is 1. The molecule has 11 nitrogen and oxygen atoms in total. The Labute approximate surface area is 188 Å². The first kappa shape index (κ1) is 27.3. The summed E-state index contributed by atoms with van der Waals surface area (Å²) >= 11 is 0. The number of methoxy groups -OCH3 is 1. The van der Waals surface area contributed by atoms with Crippen molar-refractivity contribution in [3.63, 3.8) is 0 Å². The van der Waals surface area contributed by atoms with Crippen LogP contribution >= 0.6 is 0 Å². The summed E-state index contributed by atoms with van der Waals surface area (Å²) in [5.41, 5.74) is 0. The standard InChI is InChI=1S/C21H36N4O7/c1-6-12(4)17(21(31)32-5)25-19(29)14(9-11(2)3)23-20(30)15(10-26)24-18(28)13-7-8-16(27)22-13/h11-15,17,26H,6-10H2,1-5H3,(H,22,27)(H,23,30)(H,24,28)(H,25,29)/t12-,13+,14-,15-,17-/m0/s1. The molecule has 5 N–H and O–H groups in total. The zero-order valence-electron chi connectivity index (χ0n) is 19.4. The van der Waals surface area contributed by atoms with Crippen LogP contribution in [-0.2, 0) is 28.7 Å². The second-order valence-electron chi connectivity index (χ2n) is 8.49. The van der Waals surface area contributed by atoms with Crippen LogP contribution in [0.3, 0.4) is 0 Å². The SMILES string of the molecule is CC[C@H](C)[C@H](NC(=O)[C@H](CC(C)C)NC(=O)[C@H](CO)NC(=O)[C@H]1CCC(=O)N1)C(=O)OC. The van der Waals surface area contributed by atoms with E-state index in [1.807, 2.05) is 20.8 Å². The molecule has 5 atom stereocenters. The van der Waals surface area contributed by atoms with Gasteiger partial charge in [-0.25, -0.2) is 4.79 Å². The summed E-state index contributed by atoms with van der Waals surface area (Å²) in [6.07, 6.45) is 1.41. The molecule has 0 spiro atoms. The van der Waals surface area contributed by atoms with Crippen molar-refractivity contribution in [2.75, 3.05) is 13.7 Å². The van der Waals surface area contributed by atoms with Crippen molar-refractivity contribution in [3.05, 3.63) is 0 Å². The molecule has 1 aliphatic rings. The van der Waals surface area contributed by atoms with Gasteiger partial charge in [-0.2, -0.15) is 0 Å². The van der Waals surface area contributed by atoms with E-state index in [2.05, 4.69) is 21.3 Å². The first-order valence-electron chi connectivity index (χ1n) is 10.9. The number of rotatable bonds is 12. The van der Waals surface area contributed by atoms with Gasteiger partial charge in [0.15, 0.2) is 0 Å². The molecular weight excluding hydrogens is 420 g/mol. The third-order valence-electron chi connectivity index (χ3n) is 5.43. The Morgan fingerprint density at radius 3 is 2.19 bits per heavy atom. The minimum atomic E-state index is -1.30. The maximum absolute atomic E-state index is 12.9. The number of aliphatic hydroxyl groups excluding tert-OH is 1. The number of hydrogen-bond acceptors (Lipinski definition) is 7. The molecule has 0 aliphatic carbocycles. The summed E-state index contributed by atoms with van der Waals surface area (Å²) in [7, 11) is 1.23. The summed E-state index contributed by atoms with van der Waals surface area (Å²) in [5, 5.41) is 19.7. The van der Waals surface area contributed by atoms with Crippen molar-refractivity contribution in [2.45, 2.75) is 77.5 Å². The second-order valence-corrected chi connectivity index (χ2v) is 8.49. The van der Waals surface area contributed by atoms with E-state index in [1.54, 1.807) is 6.92 Å². The Hall–Kier alpha value is -2.69. The molecule has 1 rings (SSSR count). The largest absolute Gasteiger partial charge is 0.467 e. The topological polar surface area (TPSA) is 163 Å². The van der Waals surface area contributed by atoms with Gasteiger partial charge in [-0.3, -0.25) is 19.2 Å². The molecule has 1 aliphatic heterocycles. The van der Waals surface area contributed by atoms with Crippen molar-refractivity contribution >= 4 is 29.6 Å². The molecule has 0 bridgehead atoms. The predicted octanol–water partition coefficient (Wildman–Crippen LogP) is -1.02. The number of nitrogens with one attached hydrogen (secondary N) is 4. The number of carbonyl (C=O) groups is 5. The summed E-state index contributed by atoms with van der Waals surface area (Å²) in [5.74, 6) is -2.89. The van der Waals surface area contributed by atoms with Crippen molar-refractivity contribution in [3.8, 4) is 0 Å². The number of amides is 4. The van der Waals surface area contributed by atoms with Crippen LogP contribution in [0.25, 0.3) is 0 Å². The lowest BCUT2D eigenvalue weighted by Crippen LogP contribution is -2.58. The normalized spacial score (nSPS) is 19.3. The van der Waals surface area contributed by atoms with Crippen LogP contribution in [0.4, 0.5) is 0 Å². The van der Waals surface area contributed by atoms with Crippen LogP contribution in [0.2, 0.25) is 0 Å². The zero-order chi connectivity index (χ0) is 24.4. The van der Waals surface area contributed by atoms with E-state index in [1.165, 1.54) is 7.11 Å². The van der Waals surface area contributed by atoms with Gasteiger partial charge in [0, 0.05) is 6.42 Å². The third-order valence-corrected chi connectivity index (χ3v) is 5.43. The van der Waals surface area contributed by atoms with E-state index in [-0.39, 0.29) is 30.6 Å². The van der Waals surface area contributed by atoms with Crippen LogP contribution in [-0.4, -0.2) is 72.6 Å². The Morgan fingerprint density at radius 2 is 1.72 bits per heavy atom. The minimum Gasteiger partial charge on any atom is -0.467 e. The van der Waals surface area contributed by atoms with E-state index < -0.39 is 54.5 Å². The van der Waals surface area contributed by atoms with E-state index in [0.717, 1.165) is 0 Å². The van der Waals surface area contributed by atoms with E-state index >= 15 is 0 Å². The Balaban J connectivity index is 2.87. The highest BCUT2D eigenvalue weighted by Crippen LogP contribution is 2.12. The van der Waals surface area contributed by atoms with Crippen LogP contribution < -0.4 is 21.3 Å². The average Bonchev–Trinajstić information content (AvgIpc) is 3.19. The monoisotopic (exact) mass is 456 g/mol. The van der Waals surface area contributed by atoms with Crippen molar-refractivity contribution in [1.82, 2.24) is 21.3 Å². The summed E-state index contributed by atoms with van der Waals surface area (Å²) in [6, 6.07) is -3.93. The lowest BCUT2D eigenvalue weighted by molar-refractivity contribution is -0.147. The Bertz CT molecular complexity index is 698. The molecule has 0 aromatic carbocycles. The van der Waals surface area contributed by atoms with Crippen LogP contribution in [0.5, 0.6) is 0 Å². The van der Waals surface area contributed by atoms with Gasteiger partial charge >= 0.3 is 5.97 Å². The first-order chi connectivity index (χ1) is 15.0. The first-order valence-corrected chi connectivity index (χ1v) is 10.9. The highest BCUT2D eigenvalue weighted by molar-refractivity contribution is 5.96. The van der Waals surface area contributed by atoms with Gasteiger partial charge in [0.1, 0.15) is 24.2 Å². The molecule has 0 saturated carbocycles. The molecule has 0 aromatic rings. The van der Waals surface area contributed by atoms with Crippen molar-refractivity contribution < 1.29 is 33.8 Å². The fraction of sp³-hybridized carbons (Fsp3) is 0.762. The molecule has 0 aromatic heterocycles. The molecule has 0 unspecified atom stereocenters. The van der Waals surface area contributed by atoms with Gasteiger partial charge in [-0.15, -0.1) is 0 Å². The lowest BCUT2D eigenvalue weighted by Gasteiger charge is -2.27. The smallest absolute Gasteiger partial charge is 0.328 e. The lowest BCUT2D eigenvalue weighted by atomic mass is 9.97. The van der Waals surface area contributed by atoms with E-state index in [0.29, 0.717) is 12.8 Å². The maximum Gasteiger partial charge on any atom is 0.328 e. The molecule has 32 heavy (non-hydrogen) atoms. The van der Waals surface area contributed by atoms with E-state index in [4.69, 9.17) is 4.74 Å². The van der Waals surface area contributed by atoms with E-state index in [9.17, 15) is 29.1 Å². The fourth-order valence-corrected chi connectivity index (χ4v) is 3.30. The summed E-state index contributed by atoms with van der Waals surface area (Å²) < 4.78 is 4.78. The van der Waals surface area contributed by atoms with Gasteiger partial charge in [0.2, 0.25) is 23.6 Å². The van der Waals surface area contributed by atoms with Gasteiger partial charge in [0.25, 0.3) is 0 Å². The minimum absolute atomic E-state index is 0.0297. The van der Waals surface area contributed by atoms with Crippen molar-refractivity contribution in [2.24, 2.45) is 11.8 Å². The number of hydrogen-bond donors (Lipinski definition) is 5. The summed E-state index contributed by atoms with van der Waals surface area (Å²) in [4.78, 5) is 61.3. The highest BCUT2D eigenvalue weighted by atomic mass is 16.5. The van der Waals surface area contributed by atoms with Gasteiger partial charge < -0.3 is 31.1 Å². The molecule has 1 heterocycles. The molecule has 0 radical (unpaired) electrons. The van der Waals surface area contributed by atoms with Crippen LogP contribution in [0, 0.1) is 11.8 Å². The van der Waals surface area contributed by atoms with Gasteiger partial charge in [-0.05, 0) is 24.7 Å². The Morgan fingerprint density at radius 1 is 1.09 bits per heavy atom. The molecule has 4 amide bonds. The molecular formula is C21H36N4O7. The third kappa shape index (κ3) is 8.10. The number of ether oxygens (including phenoxy) is 1. The van der Waals surface area contributed by atoms with Gasteiger partial charge in [-0.1, -0.05) is 34.1 Å². The second kappa shape index (κ2) is 13.0.